The van der Waals surface area contributed by atoms with Crippen LogP contribution in [0.5, 0.6) is 0 Å². The van der Waals surface area contributed by atoms with Crippen LogP contribution in [0.4, 0.5) is 20.2 Å². The van der Waals surface area contributed by atoms with Crippen LogP contribution >= 0.6 is 0 Å². The van der Waals surface area contributed by atoms with Crippen molar-refractivity contribution in [2.24, 2.45) is 5.73 Å². The topological polar surface area (TPSA) is 38.0 Å². The first kappa shape index (κ1) is 12.5. The van der Waals surface area contributed by atoms with Crippen LogP contribution in [0.25, 0.3) is 0 Å². The molecule has 0 aromatic heterocycles. The summed E-state index contributed by atoms with van der Waals surface area (Å²) >= 11 is 0. The molecule has 0 aliphatic rings. The highest BCUT2D eigenvalue weighted by molar-refractivity contribution is 5.60. The Kier molecular flexibility index (Phi) is 3.89. The van der Waals surface area contributed by atoms with Gasteiger partial charge in [-0.05, 0) is 48.9 Å². The number of nitrogens with one attached hydrogen (secondary N) is 1. The highest BCUT2D eigenvalue weighted by atomic mass is 19.1. The Morgan fingerprint density at radius 1 is 1.06 bits per heavy atom. The van der Waals surface area contributed by atoms with Gasteiger partial charge in [0.25, 0.3) is 0 Å². The van der Waals surface area contributed by atoms with Crippen molar-refractivity contribution in [2.75, 3.05) is 11.9 Å². The Morgan fingerprint density at radius 3 is 2.56 bits per heavy atom. The molecule has 0 bridgehead atoms. The van der Waals surface area contributed by atoms with Crippen molar-refractivity contribution in [1.29, 1.82) is 0 Å². The number of benzene rings is 2. The molecule has 0 amide bonds. The van der Waals surface area contributed by atoms with E-state index in [0.29, 0.717) is 24.3 Å². The van der Waals surface area contributed by atoms with E-state index < -0.39 is 0 Å². The molecule has 0 saturated heterocycles. The second-order valence-electron chi connectivity index (χ2n) is 3.99. The van der Waals surface area contributed by atoms with Gasteiger partial charge in [-0.25, -0.2) is 8.78 Å². The Morgan fingerprint density at radius 2 is 1.89 bits per heavy atom. The fourth-order valence-corrected chi connectivity index (χ4v) is 1.70. The van der Waals surface area contributed by atoms with Crippen LogP contribution in [0.3, 0.4) is 0 Å². The molecule has 0 saturated carbocycles. The molecule has 0 unspecified atom stereocenters. The SMILES string of the molecule is NCCc1ccc(Nc2cccc(F)c2)c(F)c1. The molecular weight excluding hydrogens is 234 g/mol. The maximum absolute atomic E-state index is 13.8. The van der Waals surface area contributed by atoms with Crippen LogP contribution in [-0.4, -0.2) is 6.54 Å². The summed E-state index contributed by atoms with van der Waals surface area (Å²) in [4.78, 5) is 0. The van der Waals surface area contributed by atoms with E-state index >= 15 is 0 Å². The van der Waals surface area contributed by atoms with E-state index in [4.69, 9.17) is 5.73 Å². The van der Waals surface area contributed by atoms with Crippen LogP contribution in [0.1, 0.15) is 5.56 Å². The van der Waals surface area contributed by atoms with Crippen molar-refractivity contribution in [3.8, 4) is 0 Å². The van der Waals surface area contributed by atoms with E-state index in [2.05, 4.69) is 5.32 Å². The summed E-state index contributed by atoms with van der Waals surface area (Å²) in [5, 5.41) is 2.84. The van der Waals surface area contributed by atoms with E-state index in [-0.39, 0.29) is 11.6 Å². The van der Waals surface area contributed by atoms with Gasteiger partial charge in [-0.1, -0.05) is 12.1 Å². The standard InChI is InChI=1S/C14H14F2N2/c15-11-2-1-3-12(9-11)18-14-5-4-10(6-7-17)8-13(14)16/h1-5,8-9,18H,6-7,17H2. The first-order valence-electron chi connectivity index (χ1n) is 5.70. The minimum Gasteiger partial charge on any atom is -0.353 e. The maximum Gasteiger partial charge on any atom is 0.146 e. The van der Waals surface area contributed by atoms with Gasteiger partial charge >= 0.3 is 0 Å². The summed E-state index contributed by atoms with van der Waals surface area (Å²) in [6, 6.07) is 10.8. The zero-order valence-electron chi connectivity index (χ0n) is 9.79. The molecule has 18 heavy (non-hydrogen) atoms. The molecule has 2 aromatic rings. The van der Waals surface area contributed by atoms with E-state index in [1.807, 2.05) is 0 Å². The molecule has 0 fully saturated rings. The average Bonchev–Trinajstić information content (AvgIpc) is 2.33. The number of hydrogen-bond acceptors (Lipinski definition) is 2. The van der Waals surface area contributed by atoms with Crippen molar-refractivity contribution in [3.05, 3.63) is 59.7 Å². The zero-order valence-corrected chi connectivity index (χ0v) is 9.79. The van der Waals surface area contributed by atoms with Gasteiger partial charge < -0.3 is 11.1 Å². The summed E-state index contributed by atoms with van der Waals surface area (Å²) in [6.45, 7) is 0.482. The predicted octanol–water partition coefficient (Wildman–Crippen LogP) is 3.21. The maximum atomic E-state index is 13.8. The second kappa shape index (κ2) is 5.60. The lowest BCUT2D eigenvalue weighted by molar-refractivity contribution is 0.626. The Bertz CT molecular complexity index is 541. The monoisotopic (exact) mass is 248 g/mol. The molecule has 2 aromatic carbocycles. The fourth-order valence-electron chi connectivity index (χ4n) is 1.70. The highest BCUT2D eigenvalue weighted by Gasteiger charge is 2.04. The molecule has 2 rings (SSSR count). The summed E-state index contributed by atoms with van der Waals surface area (Å²) in [5.41, 5.74) is 7.09. The lowest BCUT2D eigenvalue weighted by Crippen LogP contribution is -2.03. The van der Waals surface area contributed by atoms with Gasteiger partial charge in [0.05, 0.1) is 5.69 Å². The van der Waals surface area contributed by atoms with E-state index in [1.54, 1.807) is 24.3 Å². The van der Waals surface area contributed by atoms with Crippen LogP contribution < -0.4 is 11.1 Å². The summed E-state index contributed by atoms with van der Waals surface area (Å²) in [5.74, 6) is -0.731. The average molecular weight is 248 g/mol. The smallest absolute Gasteiger partial charge is 0.146 e. The number of nitrogens with two attached hydrogens (primary N) is 1. The normalized spacial score (nSPS) is 10.4. The van der Waals surface area contributed by atoms with E-state index in [9.17, 15) is 8.78 Å². The third-order valence-corrected chi connectivity index (χ3v) is 2.57. The largest absolute Gasteiger partial charge is 0.353 e. The number of hydrogen-bond donors (Lipinski definition) is 2. The van der Waals surface area contributed by atoms with E-state index in [0.717, 1.165) is 5.56 Å². The van der Waals surface area contributed by atoms with Crippen molar-refractivity contribution in [3.63, 3.8) is 0 Å². The Labute approximate surface area is 104 Å². The summed E-state index contributed by atoms with van der Waals surface area (Å²) in [7, 11) is 0. The minimum absolute atomic E-state index is 0.321. The molecule has 2 nitrogen and oxygen atoms in total. The first-order chi connectivity index (χ1) is 8.69. The van der Waals surface area contributed by atoms with Crippen LogP contribution in [0, 0.1) is 11.6 Å². The molecule has 0 radical (unpaired) electrons. The quantitative estimate of drug-likeness (QED) is 0.872. The number of halogens is 2. The third-order valence-electron chi connectivity index (χ3n) is 2.57. The van der Waals surface area contributed by atoms with Crippen LogP contribution in [0.15, 0.2) is 42.5 Å². The van der Waals surface area contributed by atoms with Gasteiger partial charge in [-0.3, -0.25) is 0 Å². The predicted molar refractivity (Wildman–Crippen MR) is 68.8 cm³/mol. The Hall–Kier alpha value is -1.94. The summed E-state index contributed by atoms with van der Waals surface area (Å²) in [6.07, 6.45) is 0.636. The van der Waals surface area contributed by atoms with Gasteiger partial charge in [-0.15, -0.1) is 0 Å². The zero-order chi connectivity index (χ0) is 13.0. The molecule has 0 spiro atoms. The minimum atomic E-state index is -0.370. The first-order valence-corrected chi connectivity index (χ1v) is 5.70. The molecule has 4 heteroatoms. The molecule has 0 heterocycles. The number of anilines is 2. The van der Waals surface area contributed by atoms with Crippen LogP contribution in [0.2, 0.25) is 0 Å². The molecule has 0 atom stereocenters. The van der Waals surface area contributed by atoms with E-state index in [1.165, 1.54) is 18.2 Å². The van der Waals surface area contributed by atoms with Gasteiger partial charge in [0.15, 0.2) is 0 Å². The van der Waals surface area contributed by atoms with Crippen LogP contribution in [-0.2, 0) is 6.42 Å². The number of rotatable bonds is 4. The molecule has 3 N–H and O–H groups in total. The molecule has 0 aliphatic heterocycles. The van der Waals surface area contributed by atoms with Gasteiger partial charge in [0, 0.05) is 5.69 Å². The van der Waals surface area contributed by atoms with Crippen molar-refractivity contribution >= 4 is 11.4 Å². The lowest BCUT2D eigenvalue weighted by Gasteiger charge is -2.09. The lowest BCUT2D eigenvalue weighted by atomic mass is 10.1. The van der Waals surface area contributed by atoms with Gasteiger partial charge in [-0.2, -0.15) is 0 Å². The van der Waals surface area contributed by atoms with Crippen molar-refractivity contribution in [2.45, 2.75) is 6.42 Å². The van der Waals surface area contributed by atoms with Crippen molar-refractivity contribution < 1.29 is 8.78 Å². The summed E-state index contributed by atoms with van der Waals surface area (Å²) < 4.78 is 26.7. The molecular formula is C14H14F2N2. The highest BCUT2D eigenvalue weighted by Crippen LogP contribution is 2.21. The molecule has 94 valence electrons. The molecule has 0 aliphatic carbocycles. The second-order valence-corrected chi connectivity index (χ2v) is 3.99. The van der Waals surface area contributed by atoms with Gasteiger partial charge in [0.2, 0.25) is 0 Å². The van der Waals surface area contributed by atoms with Gasteiger partial charge in [0.1, 0.15) is 11.6 Å². The Balaban J connectivity index is 2.19. The third kappa shape index (κ3) is 3.05. The fraction of sp³-hybridized carbons (Fsp3) is 0.143. The van der Waals surface area contributed by atoms with Crippen molar-refractivity contribution in [1.82, 2.24) is 0 Å².